The van der Waals surface area contributed by atoms with Gasteiger partial charge in [-0.25, -0.2) is 0 Å². The molecule has 1 N–H and O–H groups in total. The van der Waals surface area contributed by atoms with Crippen molar-refractivity contribution in [2.45, 2.75) is 25.7 Å². The molecule has 1 nitrogen and oxygen atoms in total. The van der Waals surface area contributed by atoms with E-state index in [0.29, 0.717) is 0 Å². The molecular weight excluding hydrogens is 218 g/mol. The maximum Gasteiger partial charge on any atom is 0.0375 e. The first kappa shape index (κ1) is 11.3. The van der Waals surface area contributed by atoms with Crippen LogP contribution in [-0.2, 0) is 19.3 Å². The van der Waals surface area contributed by atoms with Gasteiger partial charge in [-0.2, -0.15) is 0 Å². The van der Waals surface area contributed by atoms with E-state index in [1.807, 2.05) is 0 Å². The van der Waals surface area contributed by atoms with Crippen molar-refractivity contribution >= 4 is 5.69 Å². The van der Waals surface area contributed by atoms with Crippen LogP contribution in [0.2, 0.25) is 0 Å². The fraction of sp³-hybridized carbons (Fsp3) is 0.294. The molecule has 2 aromatic rings. The summed E-state index contributed by atoms with van der Waals surface area (Å²) in [6, 6.07) is 17.6. The highest BCUT2D eigenvalue weighted by Crippen LogP contribution is 2.23. The van der Waals surface area contributed by atoms with Gasteiger partial charge in [0.25, 0.3) is 0 Å². The number of rotatable bonds is 3. The zero-order valence-corrected chi connectivity index (χ0v) is 10.7. The summed E-state index contributed by atoms with van der Waals surface area (Å²) in [6.07, 6.45) is 4.73. The summed E-state index contributed by atoms with van der Waals surface area (Å²) in [7, 11) is 0. The number of hydrogen-bond acceptors (Lipinski definition) is 1. The van der Waals surface area contributed by atoms with Crippen LogP contribution in [0.1, 0.15) is 23.1 Å². The Morgan fingerprint density at radius 2 is 1.72 bits per heavy atom. The largest absolute Gasteiger partial charge is 0.385 e. The van der Waals surface area contributed by atoms with Gasteiger partial charge in [0.1, 0.15) is 0 Å². The summed E-state index contributed by atoms with van der Waals surface area (Å²) in [5.41, 5.74) is 5.69. The van der Waals surface area contributed by atoms with Crippen LogP contribution in [0.3, 0.4) is 0 Å². The summed E-state index contributed by atoms with van der Waals surface area (Å²) in [5.74, 6) is 0. The van der Waals surface area contributed by atoms with E-state index < -0.39 is 0 Å². The lowest BCUT2D eigenvalue weighted by molar-refractivity contribution is 0.827. The molecule has 0 atom stereocenters. The Bertz CT molecular complexity index is 516. The van der Waals surface area contributed by atoms with E-state index in [1.54, 1.807) is 0 Å². The standard InChI is InChI=1S/C17H19N/c1-2-5-14(6-3-1)8-9-15-10-11-16-7-4-12-18-17(16)13-15/h1-3,5-6,10-11,13,18H,4,7-9,12H2. The molecule has 0 saturated heterocycles. The second-order valence-electron chi connectivity index (χ2n) is 5.01. The van der Waals surface area contributed by atoms with Gasteiger partial charge in [0, 0.05) is 12.2 Å². The molecule has 1 aliphatic rings. The summed E-state index contributed by atoms with van der Waals surface area (Å²) in [6.45, 7) is 1.12. The van der Waals surface area contributed by atoms with E-state index in [0.717, 1.165) is 19.4 Å². The minimum atomic E-state index is 1.12. The average molecular weight is 237 g/mol. The maximum atomic E-state index is 3.50. The Kier molecular flexibility index (Phi) is 3.31. The molecule has 3 rings (SSSR count). The van der Waals surface area contributed by atoms with Gasteiger partial charge in [-0.05, 0) is 48.4 Å². The number of anilines is 1. The van der Waals surface area contributed by atoms with Gasteiger partial charge < -0.3 is 5.32 Å². The van der Waals surface area contributed by atoms with Crippen LogP contribution in [0, 0.1) is 0 Å². The number of hydrogen-bond donors (Lipinski definition) is 1. The third-order valence-corrected chi connectivity index (χ3v) is 3.66. The highest BCUT2D eigenvalue weighted by atomic mass is 14.9. The van der Waals surface area contributed by atoms with Crippen LogP contribution in [0.25, 0.3) is 0 Å². The molecule has 0 amide bonds. The molecule has 0 radical (unpaired) electrons. The average Bonchev–Trinajstić information content (AvgIpc) is 2.46. The predicted molar refractivity (Wildman–Crippen MR) is 77.1 cm³/mol. The summed E-state index contributed by atoms with van der Waals surface area (Å²) >= 11 is 0. The van der Waals surface area contributed by atoms with Crippen molar-refractivity contribution in [3.05, 3.63) is 65.2 Å². The lowest BCUT2D eigenvalue weighted by Gasteiger charge is -2.18. The Morgan fingerprint density at radius 1 is 0.889 bits per heavy atom. The van der Waals surface area contributed by atoms with E-state index >= 15 is 0 Å². The number of fused-ring (bicyclic) bond motifs is 1. The van der Waals surface area contributed by atoms with Crippen LogP contribution in [-0.4, -0.2) is 6.54 Å². The topological polar surface area (TPSA) is 12.0 Å². The van der Waals surface area contributed by atoms with Crippen molar-refractivity contribution < 1.29 is 0 Å². The van der Waals surface area contributed by atoms with Gasteiger partial charge >= 0.3 is 0 Å². The molecule has 0 unspecified atom stereocenters. The maximum absolute atomic E-state index is 3.50. The van der Waals surface area contributed by atoms with Crippen molar-refractivity contribution in [1.82, 2.24) is 0 Å². The van der Waals surface area contributed by atoms with Gasteiger partial charge in [-0.1, -0.05) is 42.5 Å². The molecule has 18 heavy (non-hydrogen) atoms. The summed E-state index contributed by atoms with van der Waals surface area (Å²) in [4.78, 5) is 0. The van der Waals surface area contributed by atoms with Crippen molar-refractivity contribution in [2.24, 2.45) is 0 Å². The zero-order chi connectivity index (χ0) is 12.2. The van der Waals surface area contributed by atoms with Gasteiger partial charge in [0.15, 0.2) is 0 Å². The Labute approximate surface area is 109 Å². The third-order valence-electron chi connectivity index (χ3n) is 3.66. The first-order valence-corrected chi connectivity index (χ1v) is 6.81. The second-order valence-corrected chi connectivity index (χ2v) is 5.01. The molecule has 0 spiro atoms. The molecule has 0 saturated carbocycles. The Morgan fingerprint density at radius 3 is 2.61 bits per heavy atom. The molecule has 0 fully saturated rings. The van der Waals surface area contributed by atoms with Gasteiger partial charge in [-0.3, -0.25) is 0 Å². The number of benzene rings is 2. The minimum absolute atomic E-state index is 1.12. The first-order chi connectivity index (χ1) is 8.92. The van der Waals surface area contributed by atoms with Crippen LogP contribution in [0.4, 0.5) is 5.69 Å². The van der Waals surface area contributed by atoms with Gasteiger partial charge in [0.05, 0.1) is 0 Å². The molecule has 1 heterocycles. The lowest BCUT2D eigenvalue weighted by Crippen LogP contribution is -2.11. The van der Waals surface area contributed by atoms with Gasteiger partial charge in [0.2, 0.25) is 0 Å². The van der Waals surface area contributed by atoms with Crippen molar-refractivity contribution in [1.29, 1.82) is 0 Å². The summed E-state index contributed by atoms with van der Waals surface area (Å²) in [5, 5.41) is 3.50. The predicted octanol–water partition coefficient (Wildman–Crippen LogP) is 3.83. The van der Waals surface area contributed by atoms with E-state index in [4.69, 9.17) is 0 Å². The van der Waals surface area contributed by atoms with Crippen molar-refractivity contribution in [2.75, 3.05) is 11.9 Å². The zero-order valence-electron chi connectivity index (χ0n) is 10.7. The number of aryl methyl sites for hydroxylation is 3. The molecule has 1 heteroatoms. The van der Waals surface area contributed by atoms with E-state index in [-0.39, 0.29) is 0 Å². The van der Waals surface area contributed by atoms with Crippen LogP contribution in [0.5, 0.6) is 0 Å². The fourth-order valence-corrected chi connectivity index (χ4v) is 2.60. The smallest absolute Gasteiger partial charge is 0.0375 e. The SMILES string of the molecule is c1ccc(CCc2ccc3c(c2)NCCC3)cc1. The first-order valence-electron chi connectivity index (χ1n) is 6.81. The quantitative estimate of drug-likeness (QED) is 0.855. The van der Waals surface area contributed by atoms with Crippen molar-refractivity contribution in [3.63, 3.8) is 0 Å². The van der Waals surface area contributed by atoms with Gasteiger partial charge in [-0.15, -0.1) is 0 Å². The van der Waals surface area contributed by atoms with Crippen LogP contribution < -0.4 is 5.32 Å². The normalized spacial score (nSPS) is 13.8. The minimum Gasteiger partial charge on any atom is -0.385 e. The van der Waals surface area contributed by atoms with Crippen LogP contribution >= 0.6 is 0 Å². The molecule has 0 aromatic heterocycles. The molecule has 2 aromatic carbocycles. The lowest BCUT2D eigenvalue weighted by atomic mass is 9.98. The molecule has 92 valence electrons. The Balaban J connectivity index is 1.70. The highest BCUT2D eigenvalue weighted by Gasteiger charge is 2.08. The molecular formula is C17H19N. The second kappa shape index (κ2) is 5.26. The van der Waals surface area contributed by atoms with Crippen molar-refractivity contribution in [3.8, 4) is 0 Å². The van der Waals surface area contributed by atoms with E-state index in [1.165, 1.54) is 35.2 Å². The summed E-state index contributed by atoms with van der Waals surface area (Å²) < 4.78 is 0. The molecule has 0 bridgehead atoms. The molecule has 0 aliphatic carbocycles. The highest BCUT2D eigenvalue weighted by molar-refractivity contribution is 5.55. The van der Waals surface area contributed by atoms with E-state index in [2.05, 4.69) is 53.8 Å². The Hall–Kier alpha value is -1.76. The van der Waals surface area contributed by atoms with E-state index in [9.17, 15) is 0 Å². The number of nitrogens with one attached hydrogen (secondary N) is 1. The third kappa shape index (κ3) is 2.56. The fourth-order valence-electron chi connectivity index (χ4n) is 2.60. The molecule has 1 aliphatic heterocycles. The monoisotopic (exact) mass is 237 g/mol. The van der Waals surface area contributed by atoms with Crippen LogP contribution in [0.15, 0.2) is 48.5 Å².